The van der Waals surface area contributed by atoms with Crippen LogP contribution in [0.5, 0.6) is 0 Å². The average molecular weight is 935 g/mol. The van der Waals surface area contributed by atoms with E-state index in [4.69, 9.17) is 52.1 Å². The lowest BCUT2D eigenvalue weighted by atomic mass is 9.95. The third-order valence-corrected chi connectivity index (χ3v) is 12.1. The second-order valence-corrected chi connectivity index (χ2v) is 17.0. The molecule has 69 heavy (non-hydrogen) atoms. The Bertz CT molecular complexity index is 2430. The van der Waals surface area contributed by atoms with Gasteiger partial charge < -0.3 is 52.1 Å². The fourth-order valence-electron chi connectivity index (χ4n) is 8.68. The Balaban J connectivity index is 1.12. The first-order valence-electron chi connectivity index (χ1n) is 23.4. The molecule has 3 saturated heterocycles. The Morgan fingerprint density at radius 3 is 1.59 bits per heavy atom. The maximum absolute atomic E-state index is 14.1. The van der Waals surface area contributed by atoms with E-state index in [1.807, 2.05) is 158 Å². The quantitative estimate of drug-likeness (QED) is 0.0506. The molecule has 0 unspecified atom stereocenters. The summed E-state index contributed by atoms with van der Waals surface area (Å²) in [6, 6.07) is 58.0. The zero-order chi connectivity index (χ0) is 47.0. The summed E-state index contributed by atoms with van der Waals surface area (Å²) >= 11 is 0. The summed E-state index contributed by atoms with van der Waals surface area (Å²) in [6.07, 6.45) is -8.64. The summed E-state index contributed by atoms with van der Waals surface area (Å²) in [6.45, 7) is 5.15. The normalized spacial score (nSPS) is 26.6. The molecule has 3 aliphatic rings. The van der Waals surface area contributed by atoms with Gasteiger partial charge in [0.25, 0.3) is 0 Å². The summed E-state index contributed by atoms with van der Waals surface area (Å²) in [5, 5.41) is 0. The van der Waals surface area contributed by atoms with Crippen molar-refractivity contribution >= 4 is 5.97 Å². The Labute approximate surface area is 403 Å². The molecule has 3 fully saturated rings. The minimum atomic E-state index is -1.20. The van der Waals surface area contributed by atoms with Gasteiger partial charge in [-0.2, -0.15) is 0 Å². The predicted molar refractivity (Wildman–Crippen MR) is 255 cm³/mol. The van der Waals surface area contributed by atoms with Crippen LogP contribution < -0.4 is 0 Å². The van der Waals surface area contributed by atoms with Crippen molar-refractivity contribution in [1.29, 1.82) is 0 Å². The van der Waals surface area contributed by atoms with E-state index in [2.05, 4.69) is 6.58 Å². The van der Waals surface area contributed by atoms with Crippen LogP contribution in [0.3, 0.4) is 0 Å². The Hall–Kier alpha value is -5.87. The number of hydrogen-bond acceptors (Lipinski definition) is 12. The predicted octanol–water partition coefficient (Wildman–Crippen LogP) is 9.34. The second kappa shape index (κ2) is 24.6. The second-order valence-electron chi connectivity index (χ2n) is 17.0. The van der Waals surface area contributed by atoms with Crippen molar-refractivity contribution in [3.8, 4) is 0 Å². The molecule has 0 bridgehead atoms. The standard InChI is InChI=1S/C57H58O12/c1-2-33-60-56-53(67-54(58)44-29-17-7-18-30-44)51(49-47(65-56)39-64-55(68-49)45-31-19-8-20-32-45)69-57-52(63-37-43-27-15-6-16-28-43)50(62-36-42-25-13-5-14-26-42)48(61-35-41-23-11-4-12-24-41)46(66-57)38-59-34-40-21-9-3-10-22-40/h2-32,46-53,55-57H,1,33-39H2/t46-,47-,48-,49-,50+,51+,52+,53-,55-,56+,57-/m1/s1. The number of esters is 1. The zero-order valence-electron chi connectivity index (χ0n) is 38.3. The number of rotatable bonds is 21. The number of hydrogen-bond donors (Lipinski definition) is 0. The van der Waals surface area contributed by atoms with Gasteiger partial charge in [0.05, 0.1) is 51.8 Å². The Kier molecular flexibility index (Phi) is 17.2. The highest BCUT2D eigenvalue weighted by Gasteiger charge is 2.57. The van der Waals surface area contributed by atoms with Crippen LogP contribution in [0.15, 0.2) is 195 Å². The summed E-state index contributed by atoms with van der Waals surface area (Å²) in [4.78, 5) is 14.1. The molecule has 0 radical (unpaired) electrons. The molecule has 12 nitrogen and oxygen atoms in total. The lowest BCUT2D eigenvalue weighted by Crippen LogP contribution is -2.67. The maximum atomic E-state index is 14.1. The van der Waals surface area contributed by atoms with Gasteiger partial charge in [0.1, 0.15) is 42.7 Å². The monoisotopic (exact) mass is 934 g/mol. The van der Waals surface area contributed by atoms with E-state index in [0.29, 0.717) is 12.2 Å². The fraction of sp³-hybridized carbons (Fsp3) is 0.316. The first kappa shape index (κ1) is 48.2. The van der Waals surface area contributed by atoms with Gasteiger partial charge in [0, 0.05) is 5.56 Å². The average Bonchev–Trinajstić information content (AvgIpc) is 3.41. The largest absolute Gasteiger partial charge is 0.450 e. The minimum Gasteiger partial charge on any atom is -0.450 e. The van der Waals surface area contributed by atoms with Gasteiger partial charge in [-0.1, -0.05) is 176 Å². The summed E-state index contributed by atoms with van der Waals surface area (Å²) in [7, 11) is 0. The van der Waals surface area contributed by atoms with Crippen molar-refractivity contribution in [2.45, 2.75) is 94.1 Å². The maximum Gasteiger partial charge on any atom is 0.338 e. The SMILES string of the molecule is C=CCO[C@H]1O[C@@H]2CO[C@@H](c3ccccc3)O[C@H]2[C@H](O[C@H]2O[C@H](COCc3ccccc3)[C@@H](OCc3ccccc3)[C@H](OCc3ccccc3)[C@@H]2OCc2ccccc2)[C@H]1OC(=O)c1ccccc1. The molecule has 6 aromatic rings. The molecule has 9 rings (SSSR count). The fourth-order valence-corrected chi connectivity index (χ4v) is 8.68. The Morgan fingerprint density at radius 2 is 1.03 bits per heavy atom. The van der Waals surface area contributed by atoms with Crippen molar-refractivity contribution in [2.24, 2.45) is 0 Å². The van der Waals surface area contributed by atoms with E-state index < -0.39 is 73.7 Å². The van der Waals surface area contributed by atoms with Crippen LogP contribution in [-0.2, 0) is 78.5 Å². The van der Waals surface area contributed by atoms with Gasteiger partial charge in [-0.15, -0.1) is 6.58 Å². The summed E-state index contributed by atoms with van der Waals surface area (Å²) in [5.74, 6) is -0.609. The lowest BCUT2D eigenvalue weighted by molar-refractivity contribution is -0.396. The molecular weight excluding hydrogens is 877 g/mol. The molecule has 0 N–H and O–H groups in total. The molecule has 0 aliphatic carbocycles. The third kappa shape index (κ3) is 12.9. The molecule has 0 amide bonds. The van der Waals surface area contributed by atoms with Crippen molar-refractivity contribution in [2.75, 3.05) is 19.8 Å². The van der Waals surface area contributed by atoms with Crippen LogP contribution in [0.25, 0.3) is 0 Å². The zero-order valence-corrected chi connectivity index (χ0v) is 38.3. The highest BCUT2D eigenvalue weighted by atomic mass is 16.8. The highest BCUT2D eigenvalue weighted by Crippen LogP contribution is 2.40. The van der Waals surface area contributed by atoms with Crippen LogP contribution in [0.2, 0.25) is 0 Å². The number of ether oxygens (including phenoxy) is 11. The molecular formula is C57H58O12. The van der Waals surface area contributed by atoms with Crippen molar-refractivity contribution in [3.63, 3.8) is 0 Å². The summed E-state index contributed by atoms with van der Waals surface area (Å²) < 4.78 is 74.3. The van der Waals surface area contributed by atoms with Crippen LogP contribution in [-0.4, -0.2) is 87.2 Å². The van der Waals surface area contributed by atoms with E-state index >= 15 is 0 Å². The first-order chi connectivity index (χ1) is 34.1. The molecule has 11 atom stereocenters. The van der Waals surface area contributed by atoms with Crippen LogP contribution >= 0.6 is 0 Å². The molecule has 6 aromatic carbocycles. The lowest BCUT2D eigenvalue weighted by Gasteiger charge is -2.51. The van der Waals surface area contributed by atoms with E-state index in [1.54, 1.807) is 30.3 Å². The van der Waals surface area contributed by atoms with Gasteiger partial charge in [-0.3, -0.25) is 0 Å². The van der Waals surface area contributed by atoms with Crippen molar-refractivity contribution < 1.29 is 56.9 Å². The highest BCUT2D eigenvalue weighted by molar-refractivity contribution is 5.89. The van der Waals surface area contributed by atoms with Crippen molar-refractivity contribution in [3.05, 3.63) is 228 Å². The third-order valence-electron chi connectivity index (χ3n) is 12.1. The van der Waals surface area contributed by atoms with Gasteiger partial charge in [-0.05, 0) is 34.4 Å². The number of fused-ring (bicyclic) bond motifs is 1. The molecule has 0 spiro atoms. The van der Waals surface area contributed by atoms with E-state index in [9.17, 15) is 4.79 Å². The minimum absolute atomic E-state index is 0.0852. The van der Waals surface area contributed by atoms with Crippen LogP contribution in [0.4, 0.5) is 0 Å². The van der Waals surface area contributed by atoms with Crippen molar-refractivity contribution in [1.82, 2.24) is 0 Å². The summed E-state index contributed by atoms with van der Waals surface area (Å²) in [5.41, 5.74) is 4.96. The molecule has 0 saturated carbocycles. The van der Waals surface area contributed by atoms with Gasteiger partial charge in [0.15, 0.2) is 25.0 Å². The topological polar surface area (TPSA) is 119 Å². The van der Waals surface area contributed by atoms with E-state index in [0.717, 1.165) is 27.8 Å². The first-order valence-corrected chi connectivity index (χ1v) is 23.4. The van der Waals surface area contributed by atoms with Gasteiger partial charge in [-0.25, -0.2) is 4.79 Å². The Morgan fingerprint density at radius 1 is 0.522 bits per heavy atom. The van der Waals surface area contributed by atoms with Gasteiger partial charge in [0.2, 0.25) is 0 Å². The van der Waals surface area contributed by atoms with Crippen LogP contribution in [0, 0.1) is 0 Å². The number of benzene rings is 6. The molecule has 3 heterocycles. The number of carbonyl (C=O) groups excluding carboxylic acids is 1. The molecule has 3 aliphatic heterocycles. The smallest absolute Gasteiger partial charge is 0.338 e. The van der Waals surface area contributed by atoms with E-state index in [1.165, 1.54) is 0 Å². The van der Waals surface area contributed by atoms with Gasteiger partial charge >= 0.3 is 5.97 Å². The molecule has 12 heteroatoms. The molecule has 358 valence electrons. The van der Waals surface area contributed by atoms with E-state index in [-0.39, 0.29) is 39.6 Å². The number of carbonyl (C=O) groups is 1. The molecule has 0 aromatic heterocycles. The van der Waals surface area contributed by atoms with Crippen LogP contribution in [0.1, 0.15) is 44.5 Å².